The number of aromatic nitrogens is 3. The Hall–Kier alpha value is -5.29. The molecule has 5 nitrogen and oxygen atoms in total. The Kier molecular flexibility index (Phi) is 5.79. The Balaban J connectivity index is 1.28. The van der Waals surface area contributed by atoms with Gasteiger partial charge in [0.15, 0.2) is 23.7 Å². The number of hydrogen-bond acceptors (Lipinski definition) is 5. The first-order valence-corrected chi connectivity index (χ1v) is 12.9. The van der Waals surface area contributed by atoms with Crippen LogP contribution in [0.4, 0.5) is 5.69 Å². The molecule has 5 aromatic carbocycles. The predicted octanol–water partition coefficient (Wildman–Crippen LogP) is 8.04. The third-order valence-corrected chi connectivity index (χ3v) is 6.81. The first-order valence-electron chi connectivity index (χ1n) is 12.9. The van der Waals surface area contributed by atoms with Crippen LogP contribution >= 0.6 is 0 Å². The number of benzene rings is 5. The van der Waals surface area contributed by atoms with E-state index in [4.69, 9.17) is 19.7 Å². The van der Waals surface area contributed by atoms with Gasteiger partial charge in [0.2, 0.25) is 0 Å². The number of anilines is 1. The quantitative estimate of drug-likeness (QED) is 0.257. The fourth-order valence-corrected chi connectivity index (χ4v) is 4.83. The lowest BCUT2D eigenvalue weighted by Crippen LogP contribution is -2.09. The van der Waals surface area contributed by atoms with Crippen molar-refractivity contribution in [1.29, 1.82) is 0 Å². The molecule has 1 unspecified atom stereocenters. The smallest absolute Gasteiger partial charge is 0.196 e. The van der Waals surface area contributed by atoms with Gasteiger partial charge in [0.1, 0.15) is 5.75 Å². The Morgan fingerprint density at radius 3 is 1.64 bits per heavy atom. The van der Waals surface area contributed by atoms with Gasteiger partial charge in [-0.1, -0.05) is 121 Å². The molecule has 7 rings (SSSR count). The molecule has 39 heavy (non-hydrogen) atoms. The van der Waals surface area contributed by atoms with Gasteiger partial charge in [0.25, 0.3) is 0 Å². The monoisotopic (exact) mass is 504 g/mol. The van der Waals surface area contributed by atoms with E-state index in [9.17, 15) is 0 Å². The minimum Gasteiger partial charge on any atom is -0.464 e. The van der Waals surface area contributed by atoms with Crippen molar-refractivity contribution in [1.82, 2.24) is 15.0 Å². The molecule has 0 aliphatic carbocycles. The highest BCUT2D eigenvalue weighted by Gasteiger charge is 2.23. The lowest BCUT2D eigenvalue weighted by atomic mass is 9.98. The number of fused-ring (bicyclic) bond motifs is 1. The van der Waals surface area contributed by atoms with Gasteiger partial charge in [-0.15, -0.1) is 0 Å². The summed E-state index contributed by atoms with van der Waals surface area (Å²) in [5.41, 5.74) is 7.05. The summed E-state index contributed by atoms with van der Waals surface area (Å²) >= 11 is 0. The molecule has 0 spiro atoms. The Labute approximate surface area is 226 Å². The third-order valence-electron chi connectivity index (χ3n) is 6.81. The molecule has 1 aromatic heterocycles. The summed E-state index contributed by atoms with van der Waals surface area (Å²) in [5.74, 6) is 2.80. The maximum atomic E-state index is 6.10. The van der Waals surface area contributed by atoms with E-state index in [0.717, 1.165) is 44.8 Å². The fraction of sp³-hybridized carbons (Fsp3) is 0.0294. The average Bonchev–Trinajstić information content (AvgIpc) is 3.46. The maximum absolute atomic E-state index is 6.10. The topological polar surface area (TPSA) is 59.9 Å². The van der Waals surface area contributed by atoms with E-state index in [1.54, 1.807) is 0 Å². The van der Waals surface area contributed by atoms with Crippen LogP contribution in [0.2, 0.25) is 0 Å². The number of hydrogen-bond donors (Lipinski definition) is 1. The van der Waals surface area contributed by atoms with E-state index < -0.39 is 0 Å². The fourth-order valence-electron chi connectivity index (χ4n) is 4.83. The predicted molar refractivity (Wildman–Crippen MR) is 155 cm³/mol. The Morgan fingerprint density at radius 1 is 0.462 bits per heavy atom. The van der Waals surface area contributed by atoms with Crippen molar-refractivity contribution in [2.75, 3.05) is 5.32 Å². The molecule has 0 saturated carbocycles. The second-order valence-corrected chi connectivity index (χ2v) is 9.34. The van der Waals surface area contributed by atoms with E-state index in [-0.39, 0.29) is 6.23 Å². The molecule has 0 bridgehead atoms. The molecular weight excluding hydrogens is 480 g/mol. The maximum Gasteiger partial charge on any atom is 0.196 e. The summed E-state index contributed by atoms with van der Waals surface area (Å²) in [4.78, 5) is 14.7. The molecule has 2 heterocycles. The van der Waals surface area contributed by atoms with Crippen LogP contribution in [0.15, 0.2) is 133 Å². The molecule has 1 atom stereocenters. The molecular formula is C34H24N4O. The highest BCUT2D eigenvalue weighted by atomic mass is 16.5. The van der Waals surface area contributed by atoms with E-state index >= 15 is 0 Å². The summed E-state index contributed by atoms with van der Waals surface area (Å²) < 4.78 is 6.10. The zero-order valence-electron chi connectivity index (χ0n) is 21.0. The van der Waals surface area contributed by atoms with Gasteiger partial charge >= 0.3 is 0 Å². The van der Waals surface area contributed by atoms with E-state index in [2.05, 4.69) is 41.7 Å². The number of nitrogens with zero attached hydrogens (tertiary/aromatic N) is 3. The SMILES string of the molecule is c1ccc(-c2nc(-c3ccccc3)nc(-c3ccccc3-c3ccc(C4Nc5ccccc5O4)cc3)n2)cc1. The molecule has 186 valence electrons. The number of rotatable bonds is 5. The van der Waals surface area contributed by atoms with Gasteiger partial charge in [-0.25, -0.2) is 15.0 Å². The zero-order chi connectivity index (χ0) is 26.0. The standard InChI is InChI=1S/C34H24N4O/c1-3-11-24(12-4-1)31-36-32(25-13-5-2-6-14-25)38-33(37-31)28-16-8-7-15-27(28)23-19-21-26(22-20-23)34-35-29-17-9-10-18-30(29)39-34/h1-22,34-35H. The van der Waals surface area contributed by atoms with Crippen molar-refractivity contribution >= 4 is 5.69 Å². The van der Waals surface area contributed by atoms with Crippen molar-refractivity contribution in [2.24, 2.45) is 0 Å². The second kappa shape index (κ2) is 9.88. The molecule has 0 amide bonds. The van der Waals surface area contributed by atoms with E-state index in [1.165, 1.54) is 0 Å². The van der Waals surface area contributed by atoms with Gasteiger partial charge in [-0.2, -0.15) is 0 Å². The van der Waals surface area contributed by atoms with Crippen molar-refractivity contribution in [2.45, 2.75) is 6.23 Å². The van der Waals surface area contributed by atoms with Gasteiger partial charge in [-0.3, -0.25) is 0 Å². The molecule has 0 fully saturated rings. The van der Waals surface area contributed by atoms with Gasteiger partial charge in [-0.05, 0) is 23.3 Å². The minimum atomic E-state index is -0.211. The summed E-state index contributed by atoms with van der Waals surface area (Å²) in [5, 5.41) is 3.44. The van der Waals surface area contributed by atoms with Crippen molar-refractivity contribution in [3.8, 4) is 51.0 Å². The molecule has 0 radical (unpaired) electrons. The number of nitrogens with one attached hydrogen (secondary N) is 1. The zero-order valence-corrected chi connectivity index (χ0v) is 21.0. The van der Waals surface area contributed by atoms with Crippen LogP contribution in [0.5, 0.6) is 5.75 Å². The first kappa shape index (κ1) is 22.9. The van der Waals surface area contributed by atoms with E-state index in [0.29, 0.717) is 17.5 Å². The molecule has 1 aliphatic rings. The number of para-hydroxylation sites is 2. The normalized spacial score (nSPS) is 13.8. The molecule has 1 N–H and O–H groups in total. The highest BCUT2D eigenvalue weighted by molar-refractivity contribution is 5.82. The summed E-state index contributed by atoms with van der Waals surface area (Å²) in [7, 11) is 0. The van der Waals surface area contributed by atoms with Gasteiger partial charge in [0.05, 0.1) is 5.69 Å². The van der Waals surface area contributed by atoms with Crippen LogP contribution in [0.1, 0.15) is 11.8 Å². The van der Waals surface area contributed by atoms with Crippen LogP contribution in [0.3, 0.4) is 0 Å². The van der Waals surface area contributed by atoms with Crippen LogP contribution in [0, 0.1) is 0 Å². The Bertz CT molecular complexity index is 1670. The molecule has 0 saturated heterocycles. The third kappa shape index (κ3) is 4.51. The number of ether oxygens (including phenoxy) is 1. The van der Waals surface area contributed by atoms with Crippen LogP contribution in [-0.4, -0.2) is 15.0 Å². The minimum absolute atomic E-state index is 0.211. The average molecular weight is 505 g/mol. The summed E-state index contributed by atoms with van der Waals surface area (Å²) in [6.45, 7) is 0. The first-order chi connectivity index (χ1) is 19.3. The van der Waals surface area contributed by atoms with Crippen LogP contribution < -0.4 is 10.1 Å². The van der Waals surface area contributed by atoms with Gasteiger partial charge < -0.3 is 10.1 Å². The second-order valence-electron chi connectivity index (χ2n) is 9.34. The van der Waals surface area contributed by atoms with Crippen molar-refractivity contribution in [3.63, 3.8) is 0 Å². The van der Waals surface area contributed by atoms with E-state index in [1.807, 2.05) is 97.1 Å². The molecule has 1 aliphatic heterocycles. The van der Waals surface area contributed by atoms with Crippen LogP contribution in [-0.2, 0) is 0 Å². The summed E-state index contributed by atoms with van der Waals surface area (Å²) in [6.07, 6.45) is -0.211. The van der Waals surface area contributed by atoms with Crippen molar-refractivity contribution in [3.05, 3.63) is 139 Å². The molecule has 5 heteroatoms. The van der Waals surface area contributed by atoms with Crippen molar-refractivity contribution < 1.29 is 4.74 Å². The summed E-state index contributed by atoms with van der Waals surface area (Å²) in [6, 6.07) is 44.8. The highest BCUT2D eigenvalue weighted by Crippen LogP contribution is 2.38. The lowest BCUT2D eigenvalue weighted by Gasteiger charge is -2.14. The van der Waals surface area contributed by atoms with Gasteiger partial charge in [0, 0.05) is 22.3 Å². The molecule has 6 aromatic rings. The lowest BCUT2D eigenvalue weighted by molar-refractivity contribution is 0.260. The largest absolute Gasteiger partial charge is 0.464 e. The van der Waals surface area contributed by atoms with Crippen LogP contribution in [0.25, 0.3) is 45.3 Å². The Morgan fingerprint density at radius 2 is 1.00 bits per heavy atom.